The van der Waals surface area contributed by atoms with E-state index in [-0.39, 0.29) is 5.91 Å². The van der Waals surface area contributed by atoms with E-state index in [2.05, 4.69) is 41.2 Å². The molecular formula is C26H33N3O. The molecule has 0 spiro atoms. The number of rotatable bonds is 11. The van der Waals surface area contributed by atoms with Gasteiger partial charge in [-0.1, -0.05) is 57.7 Å². The molecule has 0 bridgehead atoms. The van der Waals surface area contributed by atoms with Crippen molar-refractivity contribution in [1.29, 1.82) is 0 Å². The van der Waals surface area contributed by atoms with Gasteiger partial charge in [0.1, 0.15) is 0 Å². The third-order valence-electron chi connectivity index (χ3n) is 5.41. The van der Waals surface area contributed by atoms with Crippen molar-refractivity contribution in [1.82, 2.24) is 4.98 Å². The van der Waals surface area contributed by atoms with Crippen molar-refractivity contribution < 1.29 is 4.79 Å². The second-order valence-corrected chi connectivity index (χ2v) is 7.82. The Kier molecular flexibility index (Phi) is 8.25. The molecule has 4 nitrogen and oxygen atoms in total. The summed E-state index contributed by atoms with van der Waals surface area (Å²) in [6, 6.07) is 17.8. The number of carbonyl (C=O) groups is 1. The minimum atomic E-state index is -0.109. The lowest BCUT2D eigenvalue weighted by atomic mass is 10.1. The Bertz CT molecular complexity index is 926. The summed E-state index contributed by atoms with van der Waals surface area (Å²) in [5.41, 5.74) is 3.50. The maximum atomic E-state index is 12.7. The van der Waals surface area contributed by atoms with Gasteiger partial charge in [-0.2, -0.15) is 0 Å². The Balaban J connectivity index is 1.66. The third-order valence-corrected chi connectivity index (χ3v) is 5.41. The summed E-state index contributed by atoms with van der Waals surface area (Å²) in [6.45, 7) is 6.62. The number of amides is 1. The largest absolute Gasteiger partial charge is 0.372 e. The molecule has 1 N–H and O–H groups in total. The number of benzene rings is 2. The number of hydrogen-bond acceptors (Lipinski definition) is 3. The first-order valence-corrected chi connectivity index (χ1v) is 11.2. The lowest BCUT2D eigenvalue weighted by molar-refractivity contribution is 0.102. The van der Waals surface area contributed by atoms with Crippen molar-refractivity contribution in [2.24, 2.45) is 0 Å². The summed E-state index contributed by atoms with van der Waals surface area (Å²) in [6.07, 6.45) is 9.09. The van der Waals surface area contributed by atoms with Gasteiger partial charge >= 0.3 is 0 Å². The monoisotopic (exact) mass is 403 g/mol. The Morgan fingerprint density at radius 1 is 0.900 bits per heavy atom. The summed E-state index contributed by atoms with van der Waals surface area (Å²) in [7, 11) is 0. The number of anilines is 2. The van der Waals surface area contributed by atoms with Gasteiger partial charge in [0.05, 0.1) is 17.4 Å². The normalized spacial score (nSPS) is 10.9. The highest BCUT2D eigenvalue weighted by Gasteiger charge is 2.10. The van der Waals surface area contributed by atoms with E-state index in [4.69, 9.17) is 0 Å². The van der Waals surface area contributed by atoms with Crippen LogP contribution < -0.4 is 10.2 Å². The van der Waals surface area contributed by atoms with Crippen LogP contribution in [0.5, 0.6) is 0 Å². The SMILES string of the molecule is CCCCCN(CCCCC)c1ccc(C(=O)Nc2cnc3ccccc3c2)cc1. The van der Waals surface area contributed by atoms with Gasteiger partial charge in [-0.15, -0.1) is 0 Å². The van der Waals surface area contributed by atoms with Crippen molar-refractivity contribution >= 4 is 28.2 Å². The zero-order chi connectivity index (χ0) is 21.2. The standard InChI is InChI=1S/C26H33N3O/c1-3-5-9-17-29(18-10-6-4-2)24-15-13-21(14-16-24)26(30)28-23-19-22-11-7-8-12-25(22)27-20-23/h7-8,11-16,19-20H,3-6,9-10,17-18H2,1-2H3,(H,28,30). The molecule has 30 heavy (non-hydrogen) atoms. The van der Waals surface area contributed by atoms with Gasteiger partial charge in [0.15, 0.2) is 0 Å². The first-order chi connectivity index (χ1) is 14.7. The number of carbonyl (C=O) groups excluding carboxylic acids is 1. The second-order valence-electron chi connectivity index (χ2n) is 7.82. The summed E-state index contributed by atoms with van der Waals surface area (Å²) in [5, 5.41) is 3.98. The van der Waals surface area contributed by atoms with Crippen LogP contribution >= 0.6 is 0 Å². The molecule has 2 aromatic carbocycles. The van der Waals surface area contributed by atoms with Crippen LogP contribution in [-0.2, 0) is 0 Å². The first-order valence-electron chi connectivity index (χ1n) is 11.2. The molecule has 0 atom stereocenters. The van der Waals surface area contributed by atoms with Crippen LogP contribution in [0.1, 0.15) is 62.7 Å². The quantitative estimate of drug-likeness (QED) is 0.363. The Labute approximate surface area is 180 Å². The van der Waals surface area contributed by atoms with Crippen LogP contribution in [0, 0.1) is 0 Å². The molecule has 0 saturated heterocycles. The highest BCUT2D eigenvalue weighted by Crippen LogP contribution is 2.20. The summed E-state index contributed by atoms with van der Waals surface area (Å²) in [4.78, 5) is 19.6. The van der Waals surface area contributed by atoms with Gasteiger partial charge in [0.2, 0.25) is 0 Å². The van der Waals surface area contributed by atoms with Crippen LogP contribution in [0.2, 0.25) is 0 Å². The molecule has 0 aliphatic heterocycles. The van der Waals surface area contributed by atoms with Gasteiger partial charge in [-0.05, 0) is 49.2 Å². The van der Waals surface area contributed by atoms with Gasteiger partial charge in [0.25, 0.3) is 5.91 Å². The Morgan fingerprint density at radius 3 is 2.23 bits per heavy atom. The molecule has 0 unspecified atom stereocenters. The number of para-hydroxylation sites is 1. The van der Waals surface area contributed by atoms with Crippen molar-refractivity contribution in [2.45, 2.75) is 52.4 Å². The molecule has 4 heteroatoms. The van der Waals surface area contributed by atoms with Crippen molar-refractivity contribution in [3.05, 3.63) is 66.4 Å². The van der Waals surface area contributed by atoms with Crippen LogP contribution in [0.4, 0.5) is 11.4 Å². The summed E-state index contributed by atoms with van der Waals surface area (Å²) >= 11 is 0. The lowest BCUT2D eigenvalue weighted by Gasteiger charge is -2.25. The fraction of sp³-hybridized carbons (Fsp3) is 0.385. The summed E-state index contributed by atoms with van der Waals surface area (Å²) < 4.78 is 0. The van der Waals surface area contributed by atoms with E-state index in [1.54, 1.807) is 6.20 Å². The number of fused-ring (bicyclic) bond motifs is 1. The van der Waals surface area contributed by atoms with E-state index in [1.807, 2.05) is 42.5 Å². The minimum absolute atomic E-state index is 0.109. The van der Waals surface area contributed by atoms with Crippen molar-refractivity contribution in [3.63, 3.8) is 0 Å². The van der Waals surface area contributed by atoms with E-state index < -0.39 is 0 Å². The zero-order valence-electron chi connectivity index (χ0n) is 18.2. The van der Waals surface area contributed by atoms with Crippen molar-refractivity contribution in [3.8, 4) is 0 Å². The van der Waals surface area contributed by atoms with Crippen LogP contribution in [0.25, 0.3) is 10.9 Å². The molecule has 0 aliphatic rings. The molecular weight excluding hydrogens is 370 g/mol. The van der Waals surface area contributed by atoms with E-state index in [0.717, 1.165) is 24.0 Å². The summed E-state index contributed by atoms with van der Waals surface area (Å²) in [5.74, 6) is -0.109. The fourth-order valence-corrected chi connectivity index (χ4v) is 3.64. The average molecular weight is 404 g/mol. The number of pyridine rings is 1. The number of nitrogens with zero attached hydrogens (tertiary/aromatic N) is 2. The van der Waals surface area contributed by atoms with E-state index in [9.17, 15) is 4.79 Å². The molecule has 0 saturated carbocycles. The molecule has 158 valence electrons. The van der Waals surface area contributed by atoms with Gasteiger partial charge < -0.3 is 10.2 Å². The maximum absolute atomic E-state index is 12.7. The highest BCUT2D eigenvalue weighted by atomic mass is 16.1. The topological polar surface area (TPSA) is 45.2 Å². The van der Waals surface area contributed by atoms with Crippen LogP contribution in [0.3, 0.4) is 0 Å². The number of hydrogen-bond donors (Lipinski definition) is 1. The van der Waals surface area contributed by atoms with E-state index >= 15 is 0 Å². The number of unbranched alkanes of at least 4 members (excludes halogenated alkanes) is 4. The van der Waals surface area contributed by atoms with E-state index in [1.165, 1.54) is 44.2 Å². The molecule has 3 rings (SSSR count). The average Bonchev–Trinajstić information content (AvgIpc) is 2.78. The number of nitrogens with one attached hydrogen (secondary N) is 1. The molecule has 0 radical (unpaired) electrons. The predicted octanol–water partition coefficient (Wildman–Crippen LogP) is 6.67. The molecule has 3 aromatic rings. The molecule has 1 heterocycles. The van der Waals surface area contributed by atoms with Gasteiger partial charge in [0, 0.05) is 29.7 Å². The van der Waals surface area contributed by atoms with Crippen molar-refractivity contribution in [2.75, 3.05) is 23.3 Å². The molecule has 1 amide bonds. The van der Waals surface area contributed by atoms with Crippen LogP contribution in [0.15, 0.2) is 60.8 Å². The zero-order valence-corrected chi connectivity index (χ0v) is 18.2. The first kappa shape index (κ1) is 21.8. The maximum Gasteiger partial charge on any atom is 0.255 e. The van der Waals surface area contributed by atoms with E-state index in [0.29, 0.717) is 11.3 Å². The third kappa shape index (κ3) is 6.06. The Morgan fingerprint density at radius 2 is 1.57 bits per heavy atom. The molecule has 0 fully saturated rings. The van der Waals surface area contributed by atoms with Gasteiger partial charge in [-0.3, -0.25) is 9.78 Å². The number of aromatic nitrogens is 1. The van der Waals surface area contributed by atoms with Crippen LogP contribution in [-0.4, -0.2) is 24.0 Å². The molecule has 1 aromatic heterocycles. The highest BCUT2D eigenvalue weighted by molar-refractivity contribution is 6.05. The van der Waals surface area contributed by atoms with Gasteiger partial charge in [-0.25, -0.2) is 0 Å². The lowest BCUT2D eigenvalue weighted by Crippen LogP contribution is -2.25. The predicted molar refractivity (Wildman–Crippen MR) is 127 cm³/mol. The minimum Gasteiger partial charge on any atom is -0.372 e. The fourth-order valence-electron chi connectivity index (χ4n) is 3.64. The Hall–Kier alpha value is -2.88. The second kappa shape index (κ2) is 11.3. The molecule has 0 aliphatic carbocycles. The smallest absolute Gasteiger partial charge is 0.255 e.